The van der Waals surface area contributed by atoms with Crippen LogP contribution in [0.5, 0.6) is 0 Å². The molecule has 1 aliphatic rings. The van der Waals surface area contributed by atoms with Gasteiger partial charge in [0, 0.05) is 5.92 Å². The van der Waals surface area contributed by atoms with Crippen LogP contribution in [0, 0.1) is 5.92 Å². The number of carboxylic acid groups (broad SMARTS) is 1. The van der Waals surface area contributed by atoms with Crippen LogP contribution < -0.4 is 0 Å². The van der Waals surface area contributed by atoms with Crippen LogP contribution in [0.3, 0.4) is 0 Å². The van der Waals surface area contributed by atoms with E-state index in [1.807, 2.05) is 11.9 Å². The monoisotopic (exact) mass is 171 g/mol. The summed E-state index contributed by atoms with van der Waals surface area (Å²) in [4.78, 5) is 23.5. The van der Waals surface area contributed by atoms with E-state index in [-0.39, 0.29) is 18.1 Å². The first-order valence-electron chi connectivity index (χ1n) is 4.02. The predicted molar refractivity (Wildman–Crippen MR) is 42.9 cm³/mol. The predicted octanol–water partition coefficient (Wildman–Crippen LogP) is -0.0181. The van der Waals surface area contributed by atoms with Gasteiger partial charge in [0.15, 0.2) is 5.78 Å². The molecule has 4 nitrogen and oxygen atoms in total. The van der Waals surface area contributed by atoms with Crippen molar-refractivity contribution in [2.45, 2.75) is 12.8 Å². The summed E-state index contributed by atoms with van der Waals surface area (Å²) >= 11 is 0. The van der Waals surface area contributed by atoms with Crippen molar-refractivity contribution < 1.29 is 14.7 Å². The molecule has 0 radical (unpaired) electrons. The van der Waals surface area contributed by atoms with Crippen LogP contribution >= 0.6 is 0 Å². The maximum Gasteiger partial charge on any atom is 0.304 e. The molecular formula is C8H13NO3. The van der Waals surface area contributed by atoms with Gasteiger partial charge in [-0.2, -0.15) is 0 Å². The third-order valence-electron chi connectivity index (χ3n) is 2.16. The molecular weight excluding hydrogens is 158 g/mol. The van der Waals surface area contributed by atoms with E-state index >= 15 is 0 Å². The van der Waals surface area contributed by atoms with Gasteiger partial charge in [-0.1, -0.05) is 0 Å². The van der Waals surface area contributed by atoms with Gasteiger partial charge >= 0.3 is 5.97 Å². The van der Waals surface area contributed by atoms with Crippen molar-refractivity contribution >= 4 is 11.8 Å². The molecule has 4 heteroatoms. The first kappa shape index (κ1) is 9.19. The Kier molecular flexibility index (Phi) is 2.81. The van der Waals surface area contributed by atoms with Gasteiger partial charge in [-0.15, -0.1) is 0 Å². The Hall–Kier alpha value is -0.900. The molecule has 0 aromatic carbocycles. The number of ketones is 1. The third-order valence-corrected chi connectivity index (χ3v) is 2.16. The number of hydrogen-bond acceptors (Lipinski definition) is 3. The van der Waals surface area contributed by atoms with E-state index in [0.717, 1.165) is 6.54 Å². The number of aliphatic carboxylic acids is 1. The van der Waals surface area contributed by atoms with E-state index in [2.05, 4.69) is 0 Å². The molecule has 0 saturated carbocycles. The van der Waals surface area contributed by atoms with Crippen molar-refractivity contribution in [2.75, 3.05) is 20.1 Å². The minimum atomic E-state index is -0.877. The summed E-state index contributed by atoms with van der Waals surface area (Å²) in [6.45, 7) is 1.22. The van der Waals surface area contributed by atoms with Crippen molar-refractivity contribution in [1.29, 1.82) is 0 Å². The van der Waals surface area contributed by atoms with Crippen LogP contribution in [0.15, 0.2) is 0 Å². The molecule has 1 unspecified atom stereocenters. The lowest BCUT2D eigenvalue weighted by molar-refractivity contribution is -0.141. The Labute approximate surface area is 71.2 Å². The summed E-state index contributed by atoms with van der Waals surface area (Å²) in [6, 6.07) is 0. The zero-order valence-corrected chi connectivity index (χ0v) is 7.12. The molecule has 1 heterocycles. The molecule has 0 bridgehead atoms. The average molecular weight is 171 g/mol. The fourth-order valence-electron chi connectivity index (χ4n) is 1.44. The van der Waals surface area contributed by atoms with Gasteiger partial charge in [0.25, 0.3) is 0 Å². The maximum absolute atomic E-state index is 11.2. The van der Waals surface area contributed by atoms with Crippen LogP contribution in [0.4, 0.5) is 0 Å². The SMILES string of the molecule is CN1CCC(CC(=O)O)C(=O)C1. The molecule has 0 amide bonds. The zero-order chi connectivity index (χ0) is 9.14. The standard InChI is InChI=1S/C8H13NO3/c1-9-3-2-6(4-8(11)12)7(10)5-9/h6H,2-5H2,1H3,(H,11,12). The highest BCUT2D eigenvalue weighted by molar-refractivity contribution is 5.87. The Morgan fingerprint density at radius 3 is 2.92 bits per heavy atom. The van der Waals surface area contributed by atoms with Crippen molar-refractivity contribution in [1.82, 2.24) is 4.90 Å². The number of Topliss-reactive ketones (excluding diaryl/α,β-unsaturated/α-hetero) is 1. The van der Waals surface area contributed by atoms with Gasteiger partial charge in [-0.25, -0.2) is 0 Å². The maximum atomic E-state index is 11.2. The summed E-state index contributed by atoms with van der Waals surface area (Å²) in [5.41, 5.74) is 0. The number of likely N-dealkylation sites (tertiary alicyclic amines) is 1. The fraction of sp³-hybridized carbons (Fsp3) is 0.750. The molecule has 1 saturated heterocycles. The quantitative estimate of drug-likeness (QED) is 0.634. The highest BCUT2D eigenvalue weighted by Gasteiger charge is 2.26. The van der Waals surface area contributed by atoms with E-state index < -0.39 is 5.97 Å². The van der Waals surface area contributed by atoms with Crippen LogP contribution in [0.1, 0.15) is 12.8 Å². The highest BCUT2D eigenvalue weighted by Crippen LogP contribution is 2.15. The van der Waals surface area contributed by atoms with Crippen LogP contribution in [0.25, 0.3) is 0 Å². The van der Waals surface area contributed by atoms with E-state index in [0.29, 0.717) is 13.0 Å². The third kappa shape index (κ3) is 2.30. The van der Waals surface area contributed by atoms with Crippen molar-refractivity contribution in [3.05, 3.63) is 0 Å². The number of rotatable bonds is 2. The minimum absolute atomic E-state index is 0.00727. The second-order valence-corrected chi connectivity index (χ2v) is 3.29. The fourth-order valence-corrected chi connectivity index (χ4v) is 1.44. The van der Waals surface area contributed by atoms with Crippen LogP contribution in [0.2, 0.25) is 0 Å². The van der Waals surface area contributed by atoms with Gasteiger partial charge in [0.1, 0.15) is 0 Å². The van der Waals surface area contributed by atoms with E-state index in [1.165, 1.54) is 0 Å². The van der Waals surface area contributed by atoms with Crippen LogP contribution in [-0.2, 0) is 9.59 Å². The Morgan fingerprint density at radius 1 is 1.75 bits per heavy atom. The minimum Gasteiger partial charge on any atom is -0.481 e. The van der Waals surface area contributed by atoms with Crippen molar-refractivity contribution in [3.8, 4) is 0 Å². The normalized spacial score (nSPS) is 25.8. The summed E-state index contributed by atoms with van der Waals surface area (Å²) in [5, 5.41) is 8.48. The molecule has 1 aliphatic heterocycles. The molecule has 1 N–H and O–H groups in total. The lowest BCUT2D eigenvalue weighted by Gasteiger charge is -2.26. The van der Waals surface area contributed by atoms with Gasteiger partial charge in [-0.3, -0.25) is 14.5 Å². The van der Waals surface area contributed by atoms with Gasteiger partial charge in [0.05, 0.1) is 13.0 Å². The second kappa shape index (κ2) is 3.67. The first-order valence-corrected chi connectivity index (χ1v) is 4.02. The van der Waals surface area contributed by atoms with Crippen molar-refractivity contribution in [3.63, 3.8) is 0 Å². The highest BCUT2D eigenvalue weighted by atomic mass is 16.4. The number of piperidine rings is 1. The Bertz CT molecular complexity index is 202. The molecule has 1 atom stereocenters. The first-order chi connectivity index (χ1) is 5.59. The Balaban J connectivity index is 2.45. The molecule has 0 aliphatic carbocycles. The summed E-state index contributed by atoms with van der Waals surface area (Å²) in [5.74, 6) is -1.07. The number of carbonyl (C=O) groups is 2. The largest absolute Gasteiger partial charge is 0.481 e. The average Bonchev–Trinajstić information content (AvgIpc) is 1.94. The molecule has 0 aromatic rings. The molecule has 0 aromatic heterocycles. The number of hydrogen-bond donors (Lipinski definition) is 1. The molecule has 1 rings (SSSR count). The summed E-state index contributed by atoms with van der Waals surface area (Å²) < 4.78 is 0. The number of carbonyl (C=O) groups excluding carboxylic acids is 1. The molecule has 1 fully saturated rings. The van der Waals surface area contributed by atoms with Crippen LogP contribution in [-0.4, -0.2) is 41.9 Å². The molecule has 0 spiro atoms. The molecule has 12 heavy (non-hydrogen) atoms. The van der Waals surface area contributed by atoms with Gasteiger partial charge < -0.3 is 5.11 Å². The smallest absolute Gasteiger partial charge is 0.304 e. The lowest BCUT2D eigenvalue weighted by atomic mass is 9.93. The van der Waals surface area contributed by atoms with Gasteiger partial charge in [-0.05, 0) is 20.0 Å². The van der Waals surface area contributed by atoms with E-state index in [4.69, 9.17) is 5.11 Å². The lowest BCUT2D eigenvalue weighted by Crippen LogP contribution is -2.39. The summed E-state index contributed by atoms with van der Waals surface area (Å²) in [6.07, 6.45) is 0.675. The second-order valence-electron chi connectivity index (χ2n) is 3.29. The topological polar surface area (TPSA) is 57.6 Å². The molecule has 68 valence electrons. The van der Waals surface area contributed by atoms with Gasteiger partial charge in [0.2, 0.25) is 0 Å². The van der Waals surface area contributed by atoms with E-state index in [1.54, 1.807) is 0 Å². The number of nitrogens with zero attached hydrogens (tertiary/aromatic N) is 1. The number of carboxylic acids is 1. The van der Waals surface area contributed by atoms with Crippen molar-refractivity contribution in [2.24, 2.45) is 5.92 Å². The van der Waals surface area contributed by atoms with E-state index in [9.17, 15) is 9.59 Å². The zero-order valence-electron chi connectivity index (χ0n) is 7.12. The Morgan fingerprint density at radius 2 is 2.42 bits per heavy atom. The summed E-state index contributed by atoms with van der Waals surface area (Å²) in [7, 11) is 1.87. The number of likely N-dealkylation sites (N-methyl/N-ethyl adjacent to an activating group) is 1.